The predicted octanol–water partition coefficient (Wildman–Crippen LogP) is 2.07. The summed E-state index contributed by atoms with van der Waals surface area (Å²) in [5.74, 6) is 0.0496. The van der Waals surface area contributed by atoms with E-state index in [9.17, 15) is 4.79 Å². The molecule has 130 valence electrons. The Balaban J connectivity index is 1.42. The zero-order chi connectivity index (χ0) is 17.1. The molecule has 1 saturated carbocycles. The van der Waals surface area contributed by atoms with E-state index in [0.29, 0.717) is 25.3 Å². The molecule has 1 saturated heterocycles. The van der Waals surface area contributed by atoms with Crippen LogP contribution >= 0.6 is 0 Å². The van der Waals surface area contributed by atoms with Crippen LogP contribution in [0.4, 0.5) is 0 Å². The van der Waals surface area contributed by atoms with Crippen molar-refractivity contribution < 1.29 is 14.3 Å². The normalized spacial score (nSPS) is 25.6. The fourth-order valence-corrected chi connectivity index (χ4v) is 3.69. The molecule has 2 aromatic rings. The molecule has 0 spiro atoms. The summed E-state index contributed by atoms with van der Waals surface area (Å²) in [5, 5.41) is 0. The van der Waals surface area contributed by atoms with Gasteiger partial charge in [-0.1, -0.05) is 6.07 Å². The molecule has 2 fully saturated rings. The Morgan fingerprint density at radius 1 is 1.20 bits per heavy atom. The summed E-state index contributed by atoms with van der Waals surface area (Å²) in [6.45, 7) is 1.69. The van der Waals surface area contributed by atoms with E-state index >= 15 is 0 Å². The first-order valence-corrected chi connectivity index (χ1v) is 8.66. The molecular weight excluding hydrogens is 318 g/mol. The van der Waals surface area contributed by atoms with E-state index < -0.39 is 0 Å². The summed E-state index contributed by atoms with van der Waals surface area (Å²) in [6, 6.07) is 7.51. The van der Waals surface area contributed by atoms with E-state index in [-0.39, 0.29) is 24.2 Å². The molecule has 0 N–H and O–H groups in total. The summed E-state index contributed by atoms with van der Waals surface area (Å²) in [6.07, 6.45) is 8.62. The highest BCUT2D eigenvalue weighted by Gasteiger charge is 2.45. The number of hydrogen-bond donors (Lipinski definition) is 0. The SMILES string of the molecule is O=C(c1ccncc1)N1CCO[C@H]2[C@H](OCc3cccnc3)CC[C@@H]21. The summed E-state index contributed by atoms with van der Waals surface area (Å²) in [5.41, 5.74) is 1.72. The van der Waals surface area contributed by atoms with Crippen LogP contribution < -0.4 is 0 Å². The molecule has 1 amide bonds. The molecule has 4 rings (SSSR count). The van der Waals surface area contributed by atoms with Crippen LogP contribution in [0.3, 0.4) is 0 Å². The van der Waals surface area contributed by atoms with Crippen molar-refractivity contribution in [1.29, 1.82) is 0 Å². The maximum absolute atomic E-state index is 12.8. The molecule has 2 aromatic heterocycles. The van der Waals surface area contributed by atoms with Gasteiger partial charge in [0.05, 0.1) is 25.4 Å². The maximum Gasteiger partial charge on any atom is 0.254 e. The topological polar surface area (TPSA) is 64.6 Å². The van der Waals surface area contributed by atoms with Crippen LogP contribution in [0.2, 0.25) is 0 Å². The van der Waals surface area contributed by atoms with Gasteiger partial charge in [0.15, 0.2) is 0 Å². The molecule has 0 unspecified atom stereocenters. The largest absolute Gasteiger partial charge is 0.372 e. The van der Waals surface area contributed by atoms with Crippen molar-refractivity contribution in [3.8, 4) is 0 Å². The molecule has 0 aromatic carbocycles. The molecule has 1 aliphatic heterocycles. The molecular formula is C19H21N3O3. The highest BCUT2D eigenvalue weighted by Crippen LogP contribution is 2.33. The smallest absolute Gasteiger partial charge is 0.254 e. The number of aromatic nitrogens is 2. The highest BCUT2D eigenvalue weighted by molar-refractivity contribution is 5.94. The van der Waals surface area contributed by atoms with Gasteiger partial charge in [0.1, 0.15) is 6.10 Å². The minimum Gasteiger partial charge on any atom is -0.372 e. The van der Waals surface area contributed by atoms with Gasteiger partial charge in [-0.2, -0.15) is 0 Å². The maximum atomic E-state index is 12.8. The van der Waals surface area contributed by atoms with Crippen LogP contribution in [0.1, 0.15) is 28.8 Å². The number of pyridine rings is 2. The van der Waals surface area contributed by atoms with Gasteiger partial charge in [-0.3, -0.25) is 14.8 Å². The molecule has 6 heteroatoms. The molecule has 1 aliphatic carbocycles. The standard InChI is InChI=1S/C19H21N3O3/c23-19(15-5-8-20-9-6-15)22-10-11-24-18-16(22)3-4-17(18)25-13-14-2-1-7-21-12-14/h1-2,5-9,12,16-18H,3-4,10-11,13H2/t16-,17+,18+/m0/s1. The van der Waals surface area contributed by atoms with Crippen LogP contribution in [0, 0.1) is 0 Å². The molecule has 3 atom stereocenters. The summed E-state index contributed by atoms with van der Waals surface area (Å²) < 4.78 is 12.1. The zero-order valence-corrected chi connectivity index (χ0v) is 14.0. The number of fused-ring (bicyclic) bond motifs is 1. The van der Waals surface area contributed by atoms with Gasteiger partial charge in [-0.15, -0.1) is 0 Å². The Bertz CT molecular complexity index is 710. The first kappa shape index (κ1) is 16.2. The molecule has 0 radical (unpaired) electrons. The van der Waals surface area contributed by atoms with Crippen molar-refractivity contribution in [2.75, 3.05) is 13.2 Å². The molecule has 2 aliphatic rings. The Morgan fingerprint density at radius 3 is 2.88 bits per heavy atom. The number of rotatable bonds is 4. The second-order valence-corrected chi connectivity index (χ2v) is 6.43. The Labute approximate surface area is 146 Å². The van der Waals surface area contributed by atoms with Crippen LogP contribution in [-0.4, -0.2) is 52.2 Å². The highest BCUT2D eigenvalue weighted by atomic mass is 16.5. The van der Waals surface area contributed by atoms with Gasteiger partial charge in [-0.05, 0) is 36.6 Å². The third-order valence-corrected chi connectivity index (χ3v) is 4.91. The second kappa shape index (κ2) is 7.29. The number of ether oxygens (including phenoxy) is 2. The number of carbonyl (C=O) groups excluding carboxylic acids is 1. The third kappa shape index (κ3) is 3.41. The monoisotopic (exact) mass is 339 g/mol. The van der Waals surface area contributed by atoms with Gasteiger partial charge < -0.3 is 14.4 Å². The average molecular weight is 339 g/mol. The van der Waals surface area contributed by atoms with Crippen molar-refractivity contribution in [3.63, 3.8) is 0 Å². The van der Waals surface area contributed by atoms with Crippen LogP contribution in [0.5, 0.6) is 0 Å². The molecule has 3 heterocycles. The Hall–Kier alpha value is -2.31. The lowest BCUT2D eigenvalue weighted by molar-refractivity contribution is -0.108. The fraction of sp³-hybridized carbons (Fsp3) is 0.421. The second-order valence-electron chi connectivity index (χ2n) is 6.43. The number of hydrogen-bond acceptors (Lipinski definition) is 5. The van der Waals surface area contributed by atoms with Crippen LogP contribution in [0.15, 0.2) is 49.1 Å². The Morgan fingerprint density at radius 2 is 2.08 bits per heavy atom. The number of morpholine rings is 1. The van der Waals surface area contributed by atoms with Crippen molar-refractivity contribution in [2.45, 2.75) is 37.7 Å². The van der Waals surface area contributed by atoms with Crippen LogP contribution in [-0.2, 0) is 16.1 Å². The summed E-state index contributed by atoms with van der Waals surface area (Å²) >= 11 is 0. The van der Waals surface area contributed by atoms with Gasteiger partial charge in [0.25, 0.3) is 5.91 Å². The number of carbonyl (C=O) groups is 1. The summed E-state index contributed by atoms with van der Waals surface area (Å²) in [4.78, 5) is 22.9. The minimum absolute atomic E-state index is 0.0123. The van der Waals surface area contributed by atoms with E-state index in [4.69, 9.17) is 9.47 Å². The lowest BCUT2D eigenvalue weighted by atomic mass is 10.1. The molecule has 25 heavy (non-hydrogen) atoms. The van der Waals surface area contributed by atoms with Crippen molar-refractivity contribution >= 4 is 5.91 Å². The van der Waals surface area contributed by atoms with Gasteiger partial charge in [-0.25, -0.2) is 0 Å². The van der Waals surface area contributed by atoms with Crippen molar-refractivity contribution in [1.82, 2.24) is 14.9 Å². The first-order valence-electron chi connectivity index (χ1n) is 8.66. The lowest BCUT2D eigenvalue weighted by Gasteiger charge is -2.39. The number of amides is 1. The quantitative estimate of drug-likeness (QED) is 0.853. The Kier molecular flexibility index (Phi) is 4.72. The fourth-order valence-electron chi connectivity index (χ4n) is 3.69. The van der Waals surface area contributed by atoms with Crippen molar-refractivity contribution in [3.05, 3.63) is 60.2 Å². The van der Waals surface area contributed by atoms with E-state index in [2.05, 4.69) is 9.97 Å². The molecule has 6 nitrogen and oxygen atoms in total. The predicted molar refractivity (Wildman–Crippen MR) is 90.8 cm³/mol. The number of nitrogens with zero attached hydrogens (tertiary/aromatic N) is 3. The molecule has 0 bridgehead atoms. The van der Waals surface area contributed by atoms with E-state index in [1.807, 2.05) is 23.2 Å². The average Bonchev–Trinajstić information content (AvgIpc) is 3.10. The van der Waals surface area contributed by atoms with Crippen molar-refractivity contribution in [2.24, 2.45) is 0 Å². The van der Waals surface area contributed by atoms with E-state index in [1.165, 1.54) is 0 Å². The lowest BCUT2D eigenvalue weighted by Crippen LogP contribution is -2.53. The van der Waals surface area contributed by atoms with E-state index in [1.54, 1.807) is 30.7 Å². The van der Waals surface area contributed by atoms with Gasteiger partial charge in [0.2, 0.25) is 0 Å². The van der Waals surface area contributed by atoms with E-state index in [0.717, 1.165) is 18.4 Å². The van der Waals surface area contributed by atoms with Gasteiger partial charge >= 0.3 is 0 Å². The first-order chi connectivity index (χ1) is 12.3. The third-order valence-electron chi connectivity index (χ3n) is 4.91. The minimum atomic E-state index is -0.0591. The summed E-state index contributed by atoms with van der Waals surface area (Å²) in [7, 11) is 0. The van der Waals surface area contributed by atoms with Gasteiger partial charge in [0, 0.05) is 36.9 Å². The zero-order valence-electron chi connectivity index (χ0n) is 14.0. The van der Waals surface area contributed by atoms with Crippen LogP contribution in [0.25, 0.3) is 0 Å².